The van der Waals surface area contributed by atoms with E-state index in [2.05, 4.69) is 257 Å². The van der Waals surface area contributed by atoms with Crippen molar-refractivity contribution in [3.05, 3.63) is 274 Å². The third kappa shape index (κ3) is 8.60. The van der Waals surface area contributed by atoms with Crippen molar-refractivity contribution in [2.75, 3.05) is 0 Å². The van der Waals surface area contributed by atoms with Gasteiger partial charge in [-0.25, -0.2) is 0 Å². The molecule has 0 atom stereocenters. The summed E-state index contributed by atoms with van der Waals surface area (Å²) >= 11 is 0. The van der Waals surface area contributed by atoms with Crippen LogP contribution in [0.3, 0.4) is 0 Å². The van der Waals surface area contributed by atoms with Crippen molar-refractivity contribution in [2.45, 2.75) is 19.3 Å². The summed E-state index contributed by atoms with van der Waals surface area (Å²) < 4.78 is 0. The fourth-order valence-electron chi connectivity index (χ4n) is 11.1. The van der Waals surface area contributed by atoms with Crippen LogP contribution in [0.5, 0.6) is 0 Å². The van der Waals surface area contributed by atoms with E-state index in [0.29, 0.717) is 0 Å². The molecule has 73 heavy (non-hydrogen) atoms. The van der Waals surface area contributed by atoms with Crippen molar-refractivity contribution in [3.8, 4) is 0 Å². The molecule has 0 aliphatic carbocycles. The van der Waals surface area contributed by atoms with Gasteiger partial charge in [-0.1, -0.05) is 180 Å². The Hall–Kier alpha value is -8.05. The van der Waals surface area contributed by atoms with Crippen LogP contribution in [0, 0.1) is 20.8 Å². The van der Waals surface area contributed by atoms with Crippen LogP contribution in [0.4, 0.5) is 0 Å². The third-order valence-corrected chi connectivity index (χ3v) is 15.0. The van der Waals surface area contributed by atoms with Gasteiger partial charge in [0.1, 0.15) is 0 Å². The Bertz CT molecular complexity index is 4170. The Labute approximate surface area is 437 Å². The first kappa shape index (κ1) is 46.0. The summed E-state index contributed by atoms with van der Waals surface area (Å²) in [6, 6.07) is 86.8. The fraction of sp³-hybridized carbons (Fsp3) is 0.0417. The number of hydrogen-bond donors (Lipinski definition) is 0. The van der Waals surface area contributed by atoms with Gasteiger partial charge in [-0.2, -0.15) is 19.3 Å². The van der Waals surface area contributed by atoms with E-state index in [0.717, 1.165) is 19.3 Å². The van der Waals surface area contributed by atoms with Gasteiger partial charge in [0.05, 0.1) is 0 Å². The normalized spacial score (nSPS) is 11.5. The Morgan fingerprint density at radius 3 is 0.575 bits per heavy atom. The molecule has 1 heteroatoms. The maximum atomic E-state index is 4.01. The summed E-state index contributed by atoms with van der Waals surface area (Å²) in [5, 5.41) is 31.3. The van der Waals surface area contributed by atoms with Gasteiger partial charge in [-0.05, 0) is 202 Å². The molecule has 0 aliphatic heterocycles. The Balaban J connectivity index is 0.000000111. The monoisotopic (exact) mass is 967 g/mol. The van der Waals surface area contributed by atoms with E-state index in [4.69, 9.17) is 0 Å². The Kier molecular flexibility index (Phi) is 12.1. The zero-order chi connectivity index (χ0) is 48.3. The molecule has 0 aromatic heterocycles. The number of benzene rings is 15. The smallest absolute Gasteiger partial charge is 0.339 e. The van der Waals surface area contributed by atoms with Gasteiger partial charge in [0, 0.05) is 0 Å². The second-order valence-corrected chi connectivity index (χ2v) is 19.5. The topological polar surface area (TPSA) is 0 Å². The molecule has 0 aliphatic rings. The predicted octanol–water partition coefficient (Wildman–Crippen LogP) is 20.0. The molecule has 1 radical (unpaired) electrons. The third-order valence-electron chi connectivity index (χ3n) is 15.0. The van der Waals surface area contributed by atoms with Crippen LogP contribution < -0.4 is 0 Å². The second kappa shape index (κ2) is 19.2. The van der Waals surface area contributed by atoms with E-state index in [1.807, 2.05) is 0 Å². The van der Waals surface area contributed by atoms with Crippen LogP contribution in [-0.4, -0.2) is 0 Å². The first-order valence-corrected chi connectivity index (χ1v) is 25.2. The molecule has 345 valence electrons. The molecular formula is C72H51Cr. The van der Waals surface area contributed by atoms with Crippen molar-refractivity contribution in [1.29, 1.82) is 0 Å². The Morgan fingerprint density at radius 1 is 0.178 bits per heavy atom. The summed E-state index contributed by atoms with van der Waals surface area (Å²) in [5.74, 6) is 0. The summed E-state index contributed by atoms with van der Waals surface area (Å²) in [6.45, 7) is 12.0. The van der Waals surface area contributed by atoms with Crippen molar-refractivity contribution in [3.63, 3.8) is 0 Å². The average Bonchev–Trinajstić information content (AvgIpc) is 3.43. The van der Waals surface area contributed by atoms with Crippen LogP contribution in [0.1, 0.15) is 16.7 Å². The summed E-state index contributed by atoms with van der Waals surface area (Å²) in [4.78, 5) is 0. The van der Waals surface area contributed by atoms with E-state index < -0.39 is 0 Å². The van der Waals surface area contributed by atoms with Crippen molar-refractivity contribution in [1.82, 2.24) is 0 Å². The molecule has 0 fully saturated rings. The van der Waals surface area contributed by atoms with Gasteiger partial charge in [0.25, 0.3) is 0 Å². The molecule has 0 nitrogen and oxygen atoms in total. The molecular weight excluding hydrogens is 917 g/mol. The molecule has 0 spiro atoms. The van der Waals surface area contributed by atoms with Crippen LogP contribution in [0.15, 0.2) is 237 Å². The molecule has 0 amide bonds. The number of hydrogen-bond acceptors (Lipinski definition) is 0. The maximum Gasteiger partial charge on any atom is 3.00 e. The van der Waals surface area contributed by atoms with Crippen molar-refractivity contribution < 1.29 is 17.4 Å². The predicted molar refractivity (Wildman–Crippen MR) is 317 cm³/mol. The van der Waals surface area contributed by atoms with Crippen molar-refractivity contribution >= 4 is 129 Å². The van der Waals surface area contributed by atoms with Crippen LogP contribution in [0.25, 0.3) is 129 Å². The summed E-state index contributed by atoms with van der Waals surface area (Å²) in [7, 11) is 0. The van der Waals surface area contributed by atoms with Gasteiger partial charge in [0.15, 0.2) is 0 Å². The van der Waals surface area contributed by atoms with Gasteiger partial charge in [-0.15, -0.1) is 0 Å². The van der Waals surface area contributed by atoms with Gasteiger partial charge >= 0.3 is 17.4 Å². The molecule has 0 bridgehead atoms. The second-order valence-electron chi connectivity index (χ2n) is 19.5. The maximum absolute atomic E-state index is 4.01. The van der Waals surface area contributed by atoms with E-state index in [9.17, 15) is 0 Å². The first-order valence-electron chi connectivity index (χ1n) is 25.2. The minimum absolute atomic E-state index is 0. The standard InChI is InChI=1S/3C24H17.Cr/c3*1-2-16-7-8-19-13-21-10-9-20-12-17-5-3-4-6-18(17)14-23(20)24(21)15-22(19)11-16;/h3*3-15H,1-2H2;/q3*-1;+3. The Morgan fingerprint density at radius 2 is 0.356 bits per heavy atom. The largest absolute Gasteiger partial charge is 3.00 e. The fourth-order valence-corrected chi connectivity index (χ4v) is 11.1. The SMILES string of the molecule is [CH2-]Cc1ccc2cc3ccc4cc5ccccc5cc4c3cc2c1.[CH2-]Cc1ccc2cc3ccc4cc5ccccc5cc4c3cc2c1.[CH2-]Cc1ccc2cc3ccc4cc5ccccc5cc4c3cc2c1.[Cr+3]. The molecule has 0 saturated heterocycles. The minimum Gasteiger partial charge on any atom is -0.339 e. The van der Waals surface area contributed by atoms with Crippen LogP contribution in [-0.2, 0) is 36.6 Å². The van der Waals surface area contributed by atoms with E-state index in [-0.39, 0.29) is 17.4 Å². The van der Waals surface area contributed by atoms with Gasteiger partial charge < -0.3 is 20.8 Å². The molecule has 0 N–H and O–H groups in total. The van der Waals surface area contributed by atoms with Crippen LogP contribution in [0.2, 0.25) is 0 Å². The minimum atomic E-state index is 0. The number of rotatable bonds is 3. The molecule has 15 aromatic carbocycles. The molecule has 0 saturated carbocycles. The van der Waals surface area contributed by atoms with E-state index >= 15 is 0 Å². The average molecular weight is 968 g/mol. The molecule has 15 aromatic rings. The first-order chi connectivity index (χ1) is 35.4. The van der Waals surface area contributed by atoms with Crippen molar-refractivity contribution in [2.24, 2.45) is 0 Å². The van der Waals surface area contributed by atoms with E-state index in [1.165, 1.54) is 146 Å². The quantitative estimate of drug-likeness (QED) is 0.0940. The summed E-state index contributed by atoms with van der Waals surface area (Å²) in [5.41, 5.74) is 3.85. The molecule has 15 rings (SSSR count). The number of fused-ring (bicyclic) bond motifs is 15. The molecule has 0 unspecified atom stereocenters. The van der Waals surface area contributed by atoms with E-state index in [1.54, 1.807) is 0 Å². The van der Waals surface area contributed by atoms with Gasteiger partial charge in [0.2, 0.25) is 0 Å². The van der Waals surface area contributed by atoms with Gasteiger partial charge in [-0.3, -0.25) is 0 Å². The summed E-state index contributed by atoms with van der Waals surface area (Å²) in [6.07, 6.45) is 2.48. The zero-order valence-electron chi connectivity index (χ0n) is 40.7. The van der Waals surface area contributed by atoms with Crippen LogP contribution >= 0.6 is 0 Å². The molecule has 0 heterocycles. The zero-order valence-corrected chi connectivity index (χ0v) is 41.9.